The summed E-state index contributed by atoms with van der Waals surface area (Å²) >= 11 is 0. The van der Waals surface area contributed by atoms with Crippen molar-refractivity contribution in [2.24, 2.45) is 5.92 Å². The second-order valence-corrected chi connectivity index (χ2v) is 8.11. The van der Waals surface area contributed by atoms with Gasteiger partial charge in [-0.15, -0.1) is 0 Å². The fourth-order valence-corrected chi connectivity index (χ4v) is 5.38. The topological polar surface area (TPSA) is 52.7 Å². The molecule has 0 radical (unpaired) electrons. The maximum absolute atomic E-state index is 12.6. The highest BCUT2D eigenvalue weighted by atomic mass is 32.2. The molecule has 2 heterocycles. The van der Waals surface area contributed by atoms with Gasteiger partial charge >= 0.3 is 0 Å². The molecule has 0 saturated carbocycles. The third-order valence-corrected chi connectivity index (χ3v) is 6.25. The molecule has 0 aliphatic carbocycles. The van der Waals surface area contributed by atoms with Crippen molar-refractivity contribution in [1.29, 1.82) is 0 Å². The van der Waals surface area contributed by atoms with E-state index in [4.69, 9.17) is 0 Å². The third kappa shape index (κ3) is 4.15. The molecule has 6 heteroatoms. The Bertz CT molecular complexity index is 377. The zero-order chi connectivity index (χ0) is 13.9. The van der Waals surface area contributed by atoms with Gasteiger partial charge in [0.2, 0.25) is 10.0 Å². The Hall–Kier alpha value is -0.170. The van der Waals surface area contributed by atoms with E-state index >= 15 is 0 Å². The van der Waals surface area contributed by atoms with Gasteiger partial charge in [0.05, 0.1) is 5.75 Å². The zero-order valence-electron chi connectivity index (χ0n) is 12.1. The van der Waals surface area contributed by atoms with Gasteiger partial charge in [0.1, 0.15) is 0 Å². The molecule has 0 amide bonds. The average Bonchev–Trinajstić information content (AvgIpc) is 2.77. The first-order valence-electron chi connectivity index (χ1n) is 7.34. The van der Waals surface area contributed by atoms with Gasteiger partial charge < -0.3 is 10.2 Å². The average molecular weight is 289 g/mol. The Labute approximate surface area is 117 Å². The van der Waals surface area contributed by atoms with Crippen molar-refractivity contribution in [2.75, 3.05) is 46.0 Å². The van der Waals surface area contributed by atoms with Crippen LogP contribution in [0.15, 0.2) is 0 Å². The molecule has 0 aromatic carbocycles. The molecule has 2 rings (SSSR count). The van der Waals surface area contributed by atoms with E-state index in [1.54, 1.807) is 4.31 Å². The van der Waals surface area contributed by atoms with E-state index in [1.165, 1.54) is 0 Å². The molecule has 0 aromatic heterocycles. The normalized spacial score (nSPS) is 27.2. The van der Waals surface area contributed by atoms with Crippen LogP contribution in [0.5, 0.6) is 0 Å². The quantitative estimate of drug-likeness (QED) is 0.793. The first kappa shape index (κ1) is 15.2. The minimum Gasteiger partial charge on any atom is -0.317 e. The predicted octanol–water partition coefficient (Wildman–Crippen LogP) is 0.342. The minimum atomic E-state index is -3.08. The summed E-state index contributed by atoms with van der Waals surface area (Å²) in [6.07, 6.45) is 3.99. The first-order chi connectivity index (χ1) is 8.99. The molecule has 112 valence electrons. The van der Waals surface area contributed by atoms with E-state index < -0.39 is 10.0 Å². The van der Waals surface area contributed by atoms with Gasteiger partial charge in [0.15, 0.2) is 0 Å². The maximum atomic E-state index is 12.6. The van der Waals surface area contributed by atoms with Crippen molar-refractivity contribution in [2.45, 2.75) is 31.7 Å². The number of piperidine rings is 1. The highest BCUT2D eigenvalue weighted by Crippen LogP contribution is 2.25. The molecule has 0 spiro atoms. The van der Waals surface area contributed by atoms with Gasteiger partial charge in [-0.05, 0) is 58.8 Å². The van der Waals surface area contributed by atoms with Crippen LogP contribution >= 0.6 is 0 Å². The molecular weight excluding hydrogens is 262 g/mol. The number of hydrogen-bond donors (Lipinski definition) is 1. The number of nitrogens with zero attached hydrogens (tertiary/aromatic N) is 2. The summed E-state index contributed by atoms with van der Waals surface area (Å²) in [4.78, 5) is 2.09. The lowest BCUT2D eigenvalue weighted by Gasteiger charge is -2.29. The van der Waals surface area contributed by atoms with Crippen LogP contribution in [0.4, 0.5) is 0 Å². The Balaban J connectivity index is 1.97. The minimum absolute atomic E-state index is 0.182. The van der Waals surface area contributed by atoms with Crippen molar-refractivity contribution in [3.63, 3.8) is 0 Å². The van der Waals surface area contributed by atoms with Gasteiger partial charge in [0.25, 0.3) is 0 Å². The number of hydrogen-bond acceptors (Lipinski definition) is 4. The smallest absolute Gasteiger partial charge is 0.214 e. The van der Waals surface area contributed by atoms with Crippen molar-refractivity contribution < 1.29 is 8.42 Å². The van der Waals surface area contributed by atoms with Crippen molar-refractivity contribution in [1.82, 2.24) is 14.5 Å². The third-order valence-electron chi connectivity index (χ3n) is 4.16. The van der Waals surface area contributed by atoms with Crippen LogP contribution in [0.2, 0.25) is 0 Å². The SMILES string of the molecule is CN(C)CC1CCCN1S(=O)(=O)CC1CCNCC1. The zero-order valence-corrected chi connectivity index (χ0v) is 13.0. The molecular formula is C13H27N3O2S. The van der Waals surface area contributed by atoms with E-state index in [9.17, 15) is 8.42 Å². The highest BCUT2D eigenvalue weighted by Gasteiger charge is 2.35. The van der Waals surface area contributed by atoms with Crippen LogP contribution < -0.4 is 5.32 Å². The fourth-order valence-electron chi connectivity index (χ4n) is 3.22. The number of sulfonamides is 1. The molecule has 1 atom stereocenters. The Morgan fingerprint density at radius 3 is 2.53 bits per heavy atom. The fraction of sp³-hybridized carbons (Fsp3) is 1.00. The molecule has 19 heavy (non-hydrogen) atoms. The molecule has 2 aliphatic heterocycles. The molecule has 2 fully saturated rings. The van der Waals surface area contributed by atoms with E-state index in [2.05, 4.69) is 10.2 Å². The van der Waals surface area contributed by atoms with E-state index in [0.717, 1.165) is 45.3 Å². The summed E-state index contributed by atoms with van der Waals surface area (Å²) in [5.41, 5.74) is 0. The molecule has 1 unspecified atom stereocenters. The van der Waals surface area contributed by atoms with E-state index in [1.807, 2.05) is 14.1 Å². The lowest BCUT2D eigenvalue weighted by molar-refractivity contribution is 0.288. The first-order valence-corrected chi connectivity index (χ1v) is 8.95. The largest absolute Gasteiger partial charge is 0.317 e. The molecule has 5 nitrogen and oxygen atoms in total. The van der Waals surface area contributed by atoms with Crippen LogP contribution in [0.1, 0.15) is 25.7 Å². The van der Waals surface area contributed by atoms with Crippen molar-refractivity contribution >= 4 is 10.0 Å². The Morgan fingerprint density at radius 2 is 1.89 bits per heavy atom. The molecule has 0 aromatic rings. The van der Waals surface area contributed by atoms with E-state index in [0.29, 0.717) is 18.2 Å². The maximum Gasteiger partial charge on any atom is 0.214 e. The Kier molecular flexibility index (Phi) is 5.22. The van der Waals surface area contributed by atoms with Crippen LogP contribution in [0.25, 0.3) is 0 Å². The summed E-state index contributed by atoms with van der Waals surface area (Å²) in [6.45, 7) is 3.47. The van der Waals surface area contributed by atoms with Crippen LogP contribution in [-0.4, -0.2) is 69.7 Å². The monoisotopic (exact) mass is 289 g/mol. The second kappa shape index (κ2) is 6.52. The van der Waals surface area contributed by atoms with Gasteiger partial charge in [-0.2, -0.15) is 4.31 Å². The van der Waals surface area contributed by atoms with Gasteiger partial charge in [-0.3, -0.25) is 0 Å². The van der Waals surface area contributed by atoms with E-state index in [-0.39, 0.29) is 6.04 Å². The summed E-state index contributed by atoms with van der Waals surface area (Å²) in [7, 11) is 0.944. The van der Waals surface area contributed by atoms with Crippen LogP contribution in [0.3, 0.4) is 0 Å². The molecule has 1 N–H and O–H groups in total. The molecule has 2 aliphatic rings. The number of likely N-dealkylation sites (N-methyl/N-ethyl adjacent to an activating group) is 1. The summed E-state index contributed by atoms with van der Waals surface area (Å²) in [5, 5.41) is 3.29. The standard InChI is InChI=1S/C13H27N3O2S/c1-15(2)10-13-4-3-9-16(13)19(17,18)11-12-5-7-14-8-6-12/h12-14H,3-11H2,1-2H3. The van der Waals surface area contributed by atoms with Gasteiger partial charge in [-0.1, -0.05) is 0 Å². The lowest BCUT2D eigenvalue weighted by Crippen LogP contribution is -2.44. The lowest BCUT2D eigenvalue weighted by atomic mass is 10.0. The molecule has 0 bridgehead atoms. The summed E-state index contributed by atoms with van der Waals surface area (Å²) in [6, 6.07) is 0.182. The predicted molar refractivity (Wildman–Crippen MR) is 77.7 cm³/mol. The van der Waals surface area contributed by atoms with Crippen molar-refractivity contribution in [3.05, 3.63) is 0 Å². The van der Waals surface area contributed by atoms with Crippen molar-refractivity contribution in [3.8, 4) is 0 Å². The van der Waals surface area contributed by atoms with Gasteiger partial charge in [0, 0.05) is 19.1 Å². The highest BCUT2D eigenvalue weighted by molar-refractivity contribution is 7.89. The van der Waals surface area contributed by atoms with Crippen LogP contribution in [0, 0.1) is 5.92 Å². The van der Waals surface area contributed by atoms with Gasteiger partial charge in [-0.25, -0.2) is 8.42 Å². The molecule has 2 saturated heterocycles. The van der Waals surface area contributed by atoms with Crippen LogP contribution in [-0.2, 0) is 10.0 Å². The number of rotatable bonds is 5. The Morgan fingerprint density at radius 1 is 1.21 bits per heavy atom. The number of nitrogens with one attached hydrogen (secondary N) is 1. The second-order valence-electron chi connectivity index (χ2n) is 6.14. The summed E-state index contributed by atoms with van der Waals surface area (Å²) < 4.78 is 26.9. The summed E-state index contributed by atoms with van der Waals surface area (Å²) in [5.74, 6) is 0.686.